The Kier molecular flexibility index (Phi) is 3.81. The lowest BCUT2D eigenvalue weighted by Crippen LogP contribution is -2.52. The van der Waals surface area contributed by atoms with E-state index in [2.05, 4.69) is 5.32 Å². The predicted octanol–water partition coefficient (Wildman–Crippen LogP) is 0.497. The van der Waals surface area contributed by atoms with E-state index in [-0.39, 0.29) is 25.0 Å². The first-order chi connectivity index (χ1) is 10.6. The quantitative estimate of drug-likeness (QED) is 0.829. The second-order valence-corrected chi connectivity index (χ2v) is 5.35. The molecule has 0 unspecified atom stereocenters. The molecule has 7 nitrogen and oxygen atoms in total. The molecule has 2 N–H and O–H groups in total. The Labute approximate surface area is 126 Å². The van der Waals surface area contributed by atoms with Crippen molar-refractivity contribution in [2.45, 2.75) is 18.9 Å². The molecule has 1 aromatic carbocycles. The fraction of sp³-hybridized carbons (Fsp3) is 0.400. The lowest BCUT2D eigenvalue weighted by atomic mass is 9.99. The van der Waals surface area contributed by atoms with Gasteiger partial charge in [-0.2, -0.15) is 0 Å². The molecule has 0 aromatic heterocycles. The summed E-state index contributed by atoms with van der Waals surface area (Å²) in [4.78, 5) is 36.5. The summed E-state index contributed by atoms with van der Waals surface area (Å²) in [6.07, 6.45) is 0.966. The SMILES string of the molecule is O=C1CCc2cc(C(=O)N3CCOC[C@H]3C(=O)O)ccc2N1. The zero-order valence-electron chi connectivity index (χ0n) is 11.9. The lowest BCUT2D eigenvalue weighted by molar-refractivity contribution is -0.147. The number of morpholine rings is 1. The Bertz CT molecular complexity index is 643. The van der Waals surface area contributed by atoms with Crippen LogP contribution in [0.5, 0.6) is 0 Å². The molecule has 1 fully saturated rings. The third-order valence-electron chi connectivity index (χ3n) is 3.92. The van der Waals surface area contributed by atoms with Crippen LogP contribution in [-0.2, 0) is 20.7 Å². The van der Waals surface area contributed by atoms with E-state index in [1.807, 2.05) is 0 Å². The van der Waals surface area contributed by atoms with E-state index in [1.165, 1.54) is 4.90 Å². The van der Waals surface area contributed by atoms with Crippen LogP contribution >= 0.6 is 0 Å². The number of hydrogen-bond acceptors (Lipinski definition) is 4. The minimum atomic E-state index is -1.07. The van der Waals surface area contributed by atoms with Crippen LogP contribution in [-0.4, -0.2) is 53.6 Å². The molecule has 2 aliphatic rings. The van der Waals surface area contributed by atoms with Crippen LogP contribution < -0.4 is 5.32 Å². The third kappa shape index (κ3) is 2.67. The van der Waals surface area contributed by atoms with Crippen molar-refractivity contribution < 1.29 is 24.2 Å². The summed E-state index contributed by atoms with van der Waals surface area (Å²) in [6.45, 7) is 0.586. The number of carboxylic acid groups (broad SMARTS) is 1. The summed E-state index contributed by atoms with van der Waals surface area (Å²) in [7, 11) is 0. The smallest absolute Gasteiger partial charge is 0.328 e. The van der Waals surface area contributed by atoms with Crippen molar-refractivity contribution in [2.24, 2.45) is 0 Å². The van der Waals surface area contributed by atoms with Crippen molar-refractivity contribution in [3.63, 3.8) is 0 Å². The van der Waals surface area contributed by atoms with Gasteiger partial charge in [-0.25, -0.2) is 4.79 Å². The molecular formula is C15H16N2O5. The molecule has 7 heteroatoms. The molecule has 2 aliphatic heterocycles. The van der Waals surface area contributed by atoms with Gasteiger partial charge in [-0.05, 0) is 30.2 Å². The molecule has 0 aliphatic carbocycles. The largest absolute Gasteiger partial charge is 0.480 e. The highest BCUT2D eigenvalue weighted by Gasteiger charge is 2.33. The molecule has 116 valence electrons. The number of nitrogens with zero attached hydrogens (tertiary/aromatic N) is 1. The van der Waals surface area contributed by atoms with Gasteiger partial charge in [0, 0.05) is 24.2 Å². The first-order valence-corrected chi connectivity index (χ1v) is 7.10. The van der Waals surface area contributed by atoms with Crippen LogP contribution in [0.1, 0.15) is 22.3 Å². The summed E-state index contributed by atoms with van der Waals surface area (Å²) < 4.78 is 5.14. The Hall–Kier alpha value is -2.41. The van der Waals surface area contributed by atoms with E-state index in [0.29, 0.717) is 30.7 Å². The number of anilines is 1. The molecule has 1 atom stereocenters. The van der Waals surface area contributed by atoms with E-state index >= 15 is 0 Å². The molecule has 2 heterocycles. The Morgan fingerprint density at radius 3 is 2.91 bits per heavy atom. The zero-order valence-corrected chi connectivity index (χ0v) is 11.9. The van der Waals surface area contributed by atoms with Crippen LogP contribution in [0, 0.1) is 0 Å². The molecule has 22 heavy (non-hydrogen) atoms. The minimum absolute atomic E-state index is 0.00205. The molecule has 1 aromatic rings. The van der Waals surface area contributed by atoms with Gasteiger partial charge in [0.25, 0.3) is 5.91 Å². The fourth-order valence-electron chi connectivity index (χ4n) is 2.73. The first kappa shape index (κ1) is 14.5. The van der Waals surface area contributed by atoms with Gasteiger partial charge in [-0.1, -0.05) is 0 Å². The third-order valence-corrected chi connectivity index (χ3v) is 3.92. The predicted molar refractivity (Wildman–Crippen MR) is 76.7 cm³/mol. The molecule has 0 bridgehead atoms. The first-order valence-electron chi connectivity index (χ1n) is 7.10. The maximum Gasteiger partial charge on any atom is 0.328 e. The monoisotopic (exact) mass is 304 g/mol. The van der Waals surface area contributed by atoms with Crippen molar-refractivity contribution >= 4 is 23.5 Å². The highest BCUT2D eigenvalue weighted by Crippen LogP contribution is 2.24. The number of ether oxygens (including phenoxy) is 1. The Morgan fingerprint density at radius 1 is 1.32 bits per heavy atom. The van der Waals surface area contributed by atoms with Crippen molar-refractivity contribution in [3.05, 3.63) is 29.3 Å². The van der Waals surface area contributed by atoms with Gasteiger partial charge < -0.3 is 20.1 Å². The van der Waals surface area contributed by atoms with Crippen LogP contribution in [0.4, 0.5) is 5.69 Å². The average molecular weight is 304 g/mol. The van der Waals surface area contributed by atoms with Gasteiger partial charge in [0.05, 0.1) is 13.2 Å². The normalized spacial score (nSPS) is 21.0. The number of aliphatic carboxylic acids is 1. The number of fused-ring (bicyclic) bond motifs is 1. The molecule has 1 saturated heterocycles. The van der Waals surface area contributed by atoms with Crippen LogP contribution in [0.3, 0.4) is 0 Å². The molecule has 3 rings (SSSR count). The van der Waals surface area contributed by atoms with Crippen LogP contribution in [0.25, 0.3) is 0 Å². The molecular weight excluding hydrogens is 288 g/mol. The number of amides is 2. The van der Waals surface area contributed by atoms with Gasteiger partial charge in [-0.3, -0.25) is 9.59 Å². The van der Waals surface area contributed by atoms with E-state index < -0.39 is 12.0 Å². The number of carbonyl (C=O) groups is 3. The summed E-state index contributed by atoms with van der Waals surface area (Å²) in [6, 6.07) is 4.07. The molecule has 0 radical (unpaired) electrons. The number of carbonyl (C=O) groups excluding carboxylic acids is 2. The number of nitrogens with one attached hydrogen (secondary N) is 1. The summed E-state index contributed by atoms with van der Waals surface area (Å²) in [5.41, 5.74) is 2.04. The van der Waals surface area contributed by atoms with Gasteiger partial charge in [0.15, 0.2) is 6.04 Å². The number of carboxylic acids is 1. The van der Waals surface area contributed by atoms with Gasteiger partial charge >= 0.3 is 5.97 Å². The van der Waals surface area contributed by atoms with E-state index in [4.69, 9.17) is 4.74 Å². The topological polar surface area (TPSA) is 95.9 Å². The molecule has 2 amide bonds. The Morgan fingerprint density at radius 2 is 2.14 bits per heavy atom. The van der Waals surface area contributed by atoms with Crippen molar-refractivity contribution in [3.8, 4) is 0 Å². The summed E-state index contributed by atoms with van der Waals surface area (Å²) in [5.74, 6) is -1.43. The number of hydrogen-bond donors (Lipinski definition) is 2. The maximum absolute atomic E-state index is 12.6. The van der Waals surface area contributed by atoms with Gasteiger partial charge in [0.2, 0.25) is 5.91 Å². The summed E-state index contributed by atoms with van der Waals surface area (Å²) >= 11 is 0. The van der Waals surface area contributed by atoms with E-state index in [1.54, 1.807) is 18.2 Å². The Balaban J connectivity index is 1.85. The minimum Gasteiger partial charge on any atom is -0.480 e. The maximum atomic E-state index is 12.6. The highest BCUT2D eigenvalue weighted by atomic mass is 16.5. The lowest BCUT2D eigenvalue weighted by Gasteiger charge is -2.33. The standard InChI is InChI=1S/C15H16N2O5/c18-13-4-2-9-7-10(1-3-11(9)16-13)14(19)17-5-6-22-8-12(17)15(20)21/h1,3,7,12H,2,4-6,8H2,(H,16,18)(H,20,21)/t12-/m0/s1. The van der Waals surface area contributed by atoms with Crippen LogP contribution in [0.15, 0.2) is 18.2 Å². The number of rotatable bonds is 2. The average Bonchev–Trinajstić information content (AvgIpc) is 2.53. The second-order valence-electron chi connectivity index (χ2n) is 5.35. The molecule has 0 spiro atoms. The summed E-state index contributed by atoms with van der Waals surface area (Å²) in [5, 5.41) is 12.0. The van der Waals surface area contributed by atoms with Crippen molar-refractivity contribution in [2.75, 3.05) is 25.1 Å². The van der Waals surface area contributed by atoms with Gasteiger partial charge in [0.1, 0.15) is 0 Å². The fourth-order valence-corrected chi connectivity index (χ4v) is 2.73. The second kappa shape index (κ2) is 5.76. The number of aryl methyl sites for hydroxylation is 1. The van der Waals surface area contributed by atoms with Gasteiger partial charge in [-0.15, -0.1) is 0 Å². The van der Waals surface area contributed by atoms with Crippen molar-refractivity contribution in [1.82, 2.24) is 4.90 Å². The van der Waals surface area contributed by atoms with E-state index in [0.717, 1.165) is 5.56 Å². The van der Waals surface area contributed by atoms with Crippen molar-refractivity contribution in [1.29, 1.82) is 0 Å². The van der Waals surface area contributed by atoms with Crippen LogP contribution in [0.2, 0.25) is 0 Å². The number of benzene rings is 1. The molecule has 0 saturated carbocycles. The highest BCUT2D eigenvalue weighted by molar-refractivity contribution is 5.99. The zero-order chi connectivity index (χ0) is 15.7. The van der Waals surface area contributed by atoms with E-state index in [9.17, 15) is 19.5 Å².